The second-order valence-corrected chi connectivity index (χ2v) is 4.63. The summed E-state index contributed by atoms with van der Waals surface area (Å²) >= 11 is 0. The summed E-state index contributed by atoms with van der Waals surface area (Å²) in [5.74, 6) is 0.939. The second-order valence-electron chi connectivity index (χ2n) is 4.63. The second kappa shape index (κ2) is 3.91. The molecule has 0 amide bonds. The molecule has 0 spiro atoms. The van der Waals surface area contributed by atoms with E-state index in [1.165, 1.54) is 17.7 Å². The van der Waals surface area contributed by atoms with Gasteiger partial charge in [0.15, 0.2) is 0 Å². The van der Waals surface area contributed by atoms with Crippen LogP contribution in [0, 0.1) is 0 Å². The molecule has 0 fully saturated rings. The molecule has 0 saturated carbocycles. The van der Waals surface area contributed by atoms with Crippen molar-refractivity contribution in [2.24, 2.45) is 14.1 Å². The lowest BCUT2D eigenvalue weighted by Crippen LogP contribution is -2.18. The Kier molecular flexibility index (Phi) is 2.39. The zero-order chi connectivity index (χ0) is 11.8. The van der Waals surface area contributed by atoms with Crippen molar-refractivity contribution in [2.45, 2.75) is 25.3 Å². The number of aryl methyl sites for hydroxylation is 2. The highest BCUT2D eigenvalue weighted by atomic mass is 15.3. The lowest BCUT2D eigenvalue weighted by atomic mass is 9.93. The zero-order valence-electron chi connectivity index (χ0n) is 10.2. The molecule has 5 heteroatoms. The van der Waals surface area contributed by atoms with Crippen LogP contribution in [-0.2, 0) is 20.5 Å². The number of hydrogen-bond donors (Lipinski definition) is 1. The molecule has 1 unspecified atom stereocenters. The third-order valence-electron chi connectivity index (χ3n) is 3.41. The Bertz CT molecular complexity index is 525. The average Bonchev–Trinajstić information content (AvgIpc) is 2.88. The molecule has 0 bridgehead atoms. The highest BCUT2D eigenvalue weighted by Gasteiger charge is 2.23. The molecule has 0 aliphatic heterocycles. The molecule has 0 aromatic carbocycles. The van der Waals surface area contributed by atoms with E-state index in [1.807, 2.05) is 41.9 Å². The molecule has 2 heterocycles. The van der Waals surface area contributed by atoms with Gasteiger partial charge in [0.05, 0.1) is 12.2 Å². The standard InChI is InChI=1S/C12H17N5/c1-16-7-6-12(15-16)14-10-4-3-5-11-9(10)8-13-17(11)2/h6-8,10H,3-5H2,1-2H3,(H,14,15). The van der Waals surface area contributed by atoms with Crippen LogP contribution in [0.2, 0.25) is 0 Å². The summed E-state index contributed by atoms with van der Waals surface area (Å²) in [4.78, 5) is 0. The Morgan fingerprint density at radius 3 is 3.06 bits per heavy atom. The Balaban J connectivity index is 1.85. The number of fused-ring (bicyclic) bond motifs is 1. The maximum absolute atomic E-state index is 4.36. The Hall–Kier alpha value is -1.78. The van der Waals surface area contributed by atoms with Crippen molar-refractivity contribution >= 4 is 5.82 Å². The van der Waals surface area contributed by atoms with Crippen LogP contribution in [-0.4, -0.2) is 19.6 Å². The molecule has 2 aromatic heterocycles. The predicted octanol–water partition coefficient (Wildman–Crippen LogP) is 1.64. The van der Waals surface area contributed by atoms with Gasteiger partial charge in [-0.05, 0) is 19.3 Å². The van der Waals surface area contributed by atoms with Gasteiger partial charge >= 0.3 is 0 Å². The summed E-state index contributed by atoms with van der Waals surface area (Å²) < 4.78 is 3.80. The molecular weight excluding hydrogens is 214 g/mol. The number of aromatic nitrogens is 4. The lowest BCUT2D eigenvalue weighted by Gasteiger charge is -2.23. The van der Waals surface area contributed by atoms with Crippen molar-refractivity contribution in [3.8, 4) is 0 Å². The van der Waals surface area contributed by atoms with E-state index >= 15 is 0 Å². The van der Waals surface area contributed by atoms with Gasteiger partial charge in [0, 0.05) is 37.6 Å². The minimum absolute atomic E-state index is 0.349. The minimum Gasteiger partial charge on any atom is -0.362 e. The van der Waals surface area contributed by atoms with Crippen LogP contribution in [0.4, 0.5) is 5.82 Å². The SMILES string of the molecule is Cn1ccc(NC2CCCc3c2cnn3C)n1. The van der Waals surface area contributed by atoms with Crippen molar-refractivity contribution in [1.29, 1.82) is 0 Å². The number of nitrogens with zero attached hydrogens (tertiary/aromatic N) is 4. The van der Waals surface area contributed by atoms with Gasteiger partial charge in [0.25, 0.3) is 0 Å². The predicted molar refractivity (Wildman–Crippen MR) is 65.7 cm³/mol. The van der Waals surface area contributed by atoms with Crippen molar-refractivity contribution in [3.63, 3.8) is 0 Å². The third-order valence-corrected chi connectivity index (χ3v) is 3.41. The summed E-state index contributed by atoms with van der Waals surface area (Å²) in [5.41, 5.74) is 2.68. The molecule has 1 aliphatic rings. The Morgan fingerprint density at radius 1 is 1.41 bits per heavy atom. The molecule has 0 radical (unpaired) electrons. The molecule has 5 nitrogen and oxygen atoms in total. The first-order valence-electron chi connectivity index (χ1n) is 6.01. The highest BCUT2D eigenvalue weighted by molar-refractivity contribution is 5.39. The van der Waals surface area contributed by atoms with E-state index in [2.05, 4.69) is 15.5 Å². The van der Waals surface area contributed by atoms with Crippen LogP contribution in [0.1, 0.15) is 30.1 Å². The van der Waals surface area contributed by atoms with Gasteiger partial charge in [-0.15, -0.1) is 0 Å². The third kappa shape index (κ3) is 1.81. The summed E-state index contributed by atoms with van der Waals surface area (Å²) in [5, 5.41) is 12.2. The van der Waals surface area contributed by atoms with Crippen molar-refractivity contribution in [3.05, 3.63) is 29.7 Å². The van der Waals surface area contributed by atoms with E-state index in [0.29, 0.717) is 6.04 Å². The topological polar surface area (TPSA) is 47.7 Å². The Labute approximate surface area is 100 Å². The van der Waals surface area contributed by atoms with Gasteiger partial charge in [0.1, 0.15) is 5.82 Å². The minimum atomic E-state index is 0.349. The van der Waals surface area contributed by atoms with Gasteiger partial charge in [0.2, 0.25) is 0 Å². The van der Waals surface area contributed by atoms with Crippen LogP contribution in [0.3, 0.4) is 0 Å². The van der Waals surface area contributed by atoms with E-state index in [0.717, 1.165) is 18.7 Å². The first kappa shape index (κ1) is 10.4. The summed E-state index contributed by atoms with van der Waals surface area (Å²) in [7, 11) is 3.95. The van der Waals surface area contributed by atoms with Gasteiger partial charge in [-0.25, -0.2) is 0 Å². The molecule has 17 heavy (non-hydrogen) atoms. The molecule has 1 aliphatic carbocycles. The maximum atomic E-state index is 4.36. The fourth-order valence-corrected chi connectivity index (χ4v) is 2.53. The van der Waals surface area contributed by atoms with Crippen molar-refractivity contribution in [2.75, 3.05) is 5.32 Å². The van der Waals surface area contributed by atoms with E-state index in [-0.39, 0.29) is 0 Å². The van der Waals surface area contributed by atoms with Crippen LogP contribution in [0.25, 0.3) is 0 Å². The molecule has 1 atom stereocenters. The summed E-state index contributed by atoms with van der Waals surface area (Å²) in [6.07, 6.45) is 7.42. The quantitative estimate of drug-likeness (QED) is 0.854. The van der Waals surface area contributed by atoms with Crippen LogP contribution in [0.5, 0.6) is 0 Å². The largest absolute Gasteiger partial charge is 0.362 e. The normalized spacial score (nSPS) is 19.1. The van der Waals surface area contributed by atoms with Gasteiger partial charge in [-0.2, -0.15) is 10.2 Å². The maximum Gasteiger partial charge on any atom is 0.148 e. The summed E-state index contributed by atoms with van der Waals surface area (Å²) in [6, 6.07) is 2.35. The van der Waals surface area contributed by atoms with E-state index in [4.69, 9.17) is 0 Å². The first-order chi connectivity index (χ1) is 8.24. The first-order valence-corrected chi connectivity index (χ1v) is 6.01. The van der Waals surface area contributed by atoms with Gasteiger partial charge in [-0.1, -0.05) is 0 Å². The van der Waals surface area contributed by atoms with E-state index in [1.54, 1.807) is 0 Å². The monoisotopic (exact) mass is 231 g/mol. The average molecular weight is 231 g/mol. The molecule has 3 rings (SSSR count). The number of rotatable bonds is 2. The van der Waals surface area contributed by atoms with Gasteiger partial charge in [-0.3, -0.25) is 9.36 Å². The molecule has 0 saturated heterocycles. The Morgan fingerprint density at radius 2 is 2.29 bits per heavy atom. The highest BCUT2D eigenvalue weighted by Crippen LogP contribution is 2.31. The fourth-order valence-electron chi connectivity index (χ4n) is 2.53. The number of nitrogens with one attached hydrogen (secondary N) is 1. The fraction of sp³-hybridized carbons (Fsp3) is 0.500. The van der Waals surface area contributed by atoms with E-state index in [9.17, 15) is 0 Å². The van der Waals surface area contributed by atoms with Crippen LogP contribution >= 0.6 is 0 Å². The molecule has 90 valence electrons. The van der Waals surface area contributed by atoms with Crippen LogP contribution in [0.15, 0.2) is 18.5 Å². The van der Waals surface area contributed by atoms with Crippen molar-refractivity contribution in [1.82, 2.24) is 19.6 Å². The van der Waals surface area contributed by atoms with Gasteiger partial charge < -0.3 is 5.32 Å². The number of hydrogen-bond acceptors (Lipinski definition) is 3. The molecular formula is C12H17N5. The van der Waals surface area contributed by atoms with Crippen LogP contribution < -0.4 is 5.32 Å². The lowest BCUT2D eigenvalue weighted by molar-refractivity contribution is 0.569. The smallest absolute Gasteiger partial charge is 0.148 e. The molecule has 2 aromatic rings. The van der Waals surface area contributed by atoms with E-state index < -0.39 is 0 Å². The molecule has 1 N–H and O–H groups in total. The van der Waals surface area contributed by atoms with Crippen molar-refractivity contribution < 1.29 is 0 Å². The summed E-state index contributed by atoms with van der Waals surface area (Å²) in [6.45, 7) is 0. The number of anilines is 1. The zero-order valence-corrected chi connectivity index (χ0v) is 10.2.